The predicted octanol–water partition coefficient (Wildman–Crippen LogP) is 5.86. The van der Waals surface area contributed by atoms with Crippen LogP contribution in [0.1, 0.15) is 18.1 Å². The van der Waals surface area contributed by atoms with Crippen molar-refractivity contribution in [3.63, 3.8) is 0 Å². The summed E-state index contributed by atoms with van der Waals surface area (Å²) in [5.41, 5.74) is 1.70. The minimum Gasteiger partial charge on any atom is -0.490 e. The van der Waals surface area contributed by atoms with Gasteiger partial charge in [0.25, 0.3) is 5.91 Å². The average Bonchev–Trinajstić information content (AvgIpc) is 3.36. The van der Waals surface area contributed by atoms with Gasteiger partial charge >= 0.3 is 0 Å². The van der Waals surface area contributed by atoms with Crippen LogP contribution >= 0.6 is 23.4 Å². The Balaban J connectivity index is 1.31. The highest BCUT2D eigenvalue weighted by Gasteiger charge is 2.36. The third kappa shape index (κ3) is 5.58. The molecule has 0 saturated carbocycles. The van der Waals surface area contributed by atoms with Gasteiger partial charge in [-0.1, -0.05) is 60.1 Å². The monoisotopic (exact) mass is 546 g/mol. The van der Waals surface area contributed by atoms with E-state index < -0.39 is 5.91 Å². The van der Waals surface area contributed by atoms with Crippen molar-refractivity contribution in [2.45, 2.75) is 6.92 Å². The summed E-state index contributed by atoms with van der Waals surface area (Å²) in [6.07, 6.45) is 1.61. The van der Waals surface area contributed by atoms with Crippen molar-refractivity contribution in [1.29, 1.82) is 5.41 Å². The van der Waals surface area contributed by atoms with Crippen LogP contribution in [0, 0.1) is 5.41 Å². The van der Waals surface area contributed by atoms with Gasteiger partial charge in [-0.2, -0.15) is 15.1 Å². The molecule has 2 heterocycles. The van der Waals surface area contributed by atoms with Crippen LogP contribution < -0.4 is 14.2 Å². The lowest BCUT2D eigenvalue weighted by Crippen LogP contribution is -2.35. The molecule has 0 fully saturated rings. The number of rotatable bonds is 9. The number of hydrazone groups is 1. The van der Waals surface area contributed by atoms with Gasteiger partial charge in [-0.25, -0.2) is 0 Å². The van der Waals surface area contributed by atoms with Crippen LogP contribution in [0.3, 0.4) is 0 Å². The normalized spacial score (nSPS) is 15.7. The van der Waals surface area contributed by atoms with E-state index >= 15 is 0 Å². The van der Waals surface area contributed by atoms with Crippen molar-refractivity contribution in [2.75, 3.05) is 19.8 Å². The number of ether oxygens (including phenoxy) is 3. The van der Waals surface area contributed by atoms with Crippen molar-refractivity contribution in [3.05, 3.63) is 94.5 Å². The van der Waals surface area contributed by atoms with Crippen LogP contribution in [-0.4, -0.2) is 46.8 Å². The molecular weight excluding hydrogens is 524 g/mol. The number of hydrogen-bond acceptors (Lipinski definition) is 7. The molecule has 0 saturated heterocycles. The lowest BCUT2D eigenvalue weighted by molar-refractivity contribution is -0.114. The fraction of sp³-hybridized carbons (Fsp3) is 0.143. The highest BCUT2D eigenvalue weighted by Crippen LogP contribution is 2.33. The van der Waals surface area contributed by atoms with E-state index in [1.807, 2.05) is 49.4 Å². The third-order valence-corrected chi connectivity index (χ3v) is 6.76. The molecule has 10 heteroatoms. The fourth-order valence-electron chi connectivity index (χ4n) is 3.72. The van der Waals surface area contributed by atoms with Crippen LogP contribution in [0.2, 0.25) is 5.02 Å². The zero-order valence-electron chi connectivity index (χ0n) is 20.4. The molecule has 38 heavy (non-hydrogen) atoms. The number of thioether (sulfide) groups is 1. The topological polar surface area (TPSA) is 96.6 Å². The number of nitrogens with zero attached hydrogens (tertiary/aromatic N) is 3. The Morgan fingerprint density at radius 3 is 2.45 bits per heavy atom. The molecule has 1 amide bonds. The van der Waals surface area contributed by atoms with Gasteiger partial charge in [0, 0.05) is 5.56 Å². The summed E-state index contributed by atoms with van der Waals surface area (Å²) < 4.78 is 17.3. The van der Waals surface area contributed by atoms with Gasteiger partial charge in [-0.15, -0.1) is 0 Å². The number of carbonyl (C=O) groups is 1. The van der Waals surface area contributed by atoms with Gasteiger partial charge in [-0.3, -0.25) is 10.2 Å². The lowest BCUT2D eigenvalue weighted by atomic mass is 10.1. The molecule has 0 bridgehead atoms. The summed E-state index contributed by atoms with van der Waals surface area (Å²) >= 11 is 7.39. The molecule has 0 atom stereocenters. The Kier molecular flexibility index (Phi) is 7.76. The van der Waals surface area contributed by atoms with Crippen molar-refractivity contribution >= 4 is 51.4 Å². The molecule has 5 rings (SSSR count). The first kappa shape index (κ1) is 25.6. The van der Waals surface area contributed by atoms with E-state index in [0.717, 1.165) is 5.56 Å². The molecule has 0 unspecified atom stereocenters. The van der Waals surface area contributed by atoms with Crippen LogP contribution in [0.25, 0.3) is 6.08 Å². The van der Waals surface area contributed by atoms with E-state index in [-0.39, 0.29) is 18.0 Å². The van der Waals surface area contributed by atoms with Gasteiger partial charge in [0.1, 0.15) is 24.0 Å². The number of aliphatic imine (C=N–C) groups is 1. The van der Waals surface area contributed by atoms with Crippen molar-refractivity contribution < 1.29 is 19.0 Å². The SMILES string of the molecule is CCOc1cc(/C=C2/C(=N)N3N=C(c4ccccc4)SC3=NC2=O)ccc1OCCOc1ccccc1Cl. The molecule has 0 radical (unpaired) electrons. The Morgan fingerprint density at radius 2 is 1.68 bits per heavy atom. The molecule has 2 aliphatic rings. The Bertz CT molecular complexity index is 1470. The Hall–Kier alpha value is -4.08. The summed E-state index contributed by atoms with van der Waals surface area (Å²) in [6, 6.07) is 22.1. The number of halogens is 1. The van der Waals surface area contributed by atoms with Crippen molar-refractivity contribution in [3.8, 4) is 17.2 Å². The number of benzene rings is 3. The quantitative estimate of drug-likeness (QED) is 0.266. The maximum atomic E-state index is 12.8. The van der Waals surface area contributed by atoms with Gasteiger partial charge in [0.2, 0.25) is 5.17 Å². The Labute approximate surface area is 229 Å². The molecule has 2 aliphatic heterocycles. The van der Waals surface area contributed by atoms with Crippen LogP contribution in [-0.2, 0) is 4.79 Å². The molecule has 192 valence electrons. The molecule has 1 N–H and O–H groups in total. The van der Waals surface area contributed by atoms with Gasteiger partial charge in [0.05, 0.1) is 17.2 Å². The van der Waals surface area contributed by atoms with E-state index in [1.54, 1.807) is 36.4 Å². The zero-order chi connectivity index (χ0) is 26.5. The van der Waals surface area contributed by atoms with E-state index in [1.165, 1.54) is 16.8 Å². The summed E-state index contributed by atoms with van der Waals surface area (Å²) in [5, 5.41) is 16.1. The van der Waals surface area contributed by atoms with Gasteiger partial charge < -0.3 is 14.2 Å². The molecular formula is C28H23ClN4O4S. The van der Waals surface area contributed by atoms with Gasteiger partial charge in [0.15, 0.2) is 17.3 Å². The third-order valence-electron chi connectivity index (χ3n) is 5.49. The van der Waals surface area contributed by atoms with E-state index in [4.69, 9.17) is 31.2 Å². The van der Waals surface area contributed by atoms with Crippen molar-refractivity contribution in [2.24, 2.45) is 10.1 Å². The number of amidine groups is 2. The minimum atomic E-state index is -0.492. The predicted molar refractivity (Wildman–Crippen MR) is 151 cm³/mol. The second-order valence-electron chi connectivity index (χ2n) is 8.06. The number of carbonyl (C=O) groups excluding carboxylic acids is 1. The number of nitrogens with one attached hydrogen (secondary N) is 1. The number of fused-ring (bicyclic) bond motifs is 1. The fourth-order valence-corrected chi connectivity index (χ4v) is 4.81. The first-order valence-corrected chi connectivity index (χ1v) is 13.1. The second-order valence-corrected chi connectivity index (χ2v) is 9.42. The molecule has 8 nitrogen and oxygen atoms in total. The smallest absolute Gasteiger partial charge is 0.283 e. The van der Waals surface area contributed by atoms with E-state index in [0.29, 0.717) is 51.3 Å². The maximum Gasteiger partial charge on any atom is 0.283 e. The summed E-state index contributed by atoms with van der Waals surface area (Å²) in [7, 11) is 0. The molecule has 0 aromatic heterocycles. The highest BCUT2D eigenvalue weighted by atomic mass is 35.5. The molecule has 0 spiro atoms. The standard InChI is InChI=1S/C28H23ClN4O4S/c1-2-35-24-17-18(12-13-23(24)37-15-14-36-22-11-7-6-10-21(22)29)16-20-25(30)33-28(31-26(20)34)38-27(32-33)19-8-4-3-5-9-19/h3-13,16-17,30H,2,14-15H2,1H3/b20-16-,30-25?. The first-order chi connectivity index (χ1) is 18.5. The molecule has 3 aromatic carbocycles. The molecule has 3 aromatic rings. The summed E-state index contributed by atoms with van der Waals surface area (Å²) in [4.78, 5) is 17.0. The zero-order valence-corrected chi connectivity index (χ0v) is 22.0. The van der Waals surface area contributed by atoms with E-state index in [9.17, 15) is 4.79 Å². The van der Waals surface area contributed by atoms with Crippen molar-refractivity contribution in [1.82, 2.24) is 5.01 Å². The largest absolute Gasteiger partial charge is 0.490 e. The first-order valence-electron chi connectivity index (χ1n) is 11.9. The van der Waals surface area contributed by atoms with Gasteiger partial charge in [-0.05, 0) is 54.6 Å². The number of hydrogen-bond donors (Lipinski definition) is 1. The average molecular weight is 547 g/mol. The van der Waals surface area contributed by atoms with E-state index in [2.05, 4.69) is 10.1 Å². The molecule has 0 aliphatic carbocycles. The van der Waals surface area contributed by atoms with Crippen LogP contribution in [0.15, 0.2) is 88.5 Å². The summed E-state index contributed by atoms with van der Waals surface area (Å²) in [6.45, 7) is 2.88. The number of para-hydroxylation sites is 1. The minimum absolute atomic E-state index is 0.0339. The van der Waals surface area contributed by atoms with Crippen LogP contribution in [0.4, 0.5) is 0 Å². The Morgan fingerprint density at radius 1 is 0.947 bits per heavy atom. The summed E-state index contributed by atoms with van der Waals surface area (Å²) in [5.74, 6) is 1.11. The maximum absolute atomic E-state index is 12.8. The number of amides is 1. The second kappa shape index (κ2) is 11.5. The highest BCUT2D eigenvalue weighted by molar-refractivity contribution is 8.27. The van der Waals surface area contributed by atoms with Crippen LogP contribution in [0.5, 0.6) is 17.2 Å². The lowest BCUT2D eigenvalue weighted by Gasteiger charge is -2.20.